The molecule has 57 heavy (non-hydrogen) atoms. The Morgan fingerprint density at radius 1 is 0.439 bits per heavy atom. The van der Waals surface area contributed by atoms with Gasteiger partial charge < -0.3 is 8.98 Å². The van der Waals surface area contributed by atoms with Crippen molar-refractivity contribution in [3.8, 4) is 50.6 Å². The van der Waals surface area contributed by atoms with Crippen molar-refractivity contribution in [2.45, 2.75) is 0 Å². The van der Waals surface area contributed by atoms with Crippen LogP contribution in [0.25, 0.3) is 115 Å². The van der Waals surface area contributed by atoms with Crippen LogP contribution >= 0.6 is 11.3 Å². The normalized spacial score (nSPS) is 11.9. The maximum atomic E-state index is 6.42. The van der Waals surface area contributed by atoms with Crippen molar-refractivity contribution in [2.24, 2.45) is 0 Å². The summed E-state index contributed by atoms with van der Waals surface area (Å²) in [6.07, 6.45) is 0. The van der Waals surface area contributed by atoms with E-state index in [-0.39, 0.29) is 0 Å². The molecule has 0 saturated heterocycles. The van der Waals surface area contributed by atoms with Gasteiger partial charge in [-0.2, -0.15) is 0 Å². The highest BCUT2D eigenvalue weighted by atomic mass is 32.1. The molecule has 4 aromatic heterocycles. The summed E-state index contributed by atoms with van der Waals surface area (Å²) >= 11 is 1.81. The summed E-state index contributed by atoms with van der Waals surface area (Å²) < 4.78 is 11.2. The topological polar surface area (TPSA) is 43.9 Å². The highest BCUT2D eigenvalue weighted by molar-refractivity contribution is 7.26. The summed E-state index contributed by atoms with van der Waals surface area (Å²) in [5.41, 5.74) is 13.4. The van der Waals surface area contributed by atoms with Crippen LogP contribution in [0.4, 0.5) is 0 Å². The Kier molecular flexibility index (Phi) is 7.06. The molecule has 0 unspecified atom stereocenters. The molecular weight excluding hydrogens is 715 g/mol. The minimum Gasteiger partial charge on any atom is -0.452 e. The lowest BCUT2D eigenvalue weighted by Crippen LogP contribution is -1.94. The molecule has 0 aliphatic heterocycles. The Hall–Kier alpha value is -7.34. The van der Waals surface area contributed by atoms with Crippen molar-refractivity contribution in [3.05, 3.63) is 188 Å². The first kappa shape index (κ1) is 32.0. The molecule has 0 fully saturated rings. The maximum Gasteiger partial charge on any atom is 0.180 e. The Labute approximate surface area is 331 Å². The molecule has 0 bridgehead atoms. The Morgan fingerprint density at radius 2 is 1.05 bits per heavy atom. The zero-order valence-corrected chi connectivity index (χ0v) is 31.4. The van der Waals surface area contributed by atoms with Crippen LogP contribution in [0.3, 0.4) is 0 Å². The number of nitrogens with zero attached hydrogens (tertiary/aromatic N) is 3. The van der Waals surface area contributed by atoms with Gasteiger partial charge in [0, 0.05) is 53.1 Å². The van der Waals surface area contributed by atoms with Gasteiger partial charge in [-0.05, 0) is 89.0 Å². The molecule has 0 amide bonds. The van der Waals surface area contributed by atoms with Gasteiger partial charge in [0.1, 0.15) is 16.8 Å². The van der Waals surface area contributed by atoms with E-state index in [9.17, 15) is 0 Å². The van der Waals surface area contributed by atoms with Gasteiger partial charge in [-0.3, -0.25) is 0 Å². The minimum absolute atomic E-state index is 0.688. The molecule has 0 atom stereocenters. The number of hydrogen-bond donors (Lipinski definition) is 0. The number of fused-ring (bicyclic) bond motifs is 9. The van der Waals surface area contributed by atoms with Crippen LogP contribution in [0.1, 0.15) is 0 Å². The van der Waals surface area contributed by atoms with E-state index in [2.05, 4.69) is 156 Å². The number of furan rings is 1. The van der Waals surface area contributed by atoms with Crippen molar-refractivity contribution < 1.29 is 4.42 Å². The summed E-state index contributed by atoms with van der Waals surface area (Å²) in [4.78, 5) is 10.5. The van der Waals surface area contributed by atoms with Crippen LogP contribution in [0.15, 0.2) is 192 Å². The minimum atomic E-state index is 0.688. The lowest BCUT2D eigenvalue weighted by atomic mass is 9.98. The summed E-state index contributed by atoms with van der Waals surface area (Å²) in [6.45, 7) is 0. The fourth-order valence-corrected chi connectivity index (χ4v) is 9.68. The third-order valence-corrected chi connectivity index (χ3v) is 12.4. The first-order valence-electron chi connectivity index (χ1n) is 19.1. The molecule has 0 radical (unpaired) electrons. The fraction of sp³-hybridized carbons (Fsp3) is 0. The average Bonchev–Trinajstić information content (AvgIpc) is 3.96. The molecular formula is C52H31N3OS. The number of rotatable bonds is 5. The quantitative estimate of drug-likeness (QED) is 0.176. The molecule has 0 spiro atoms. The van der Waals surface area contributed by atoms with Gasteiger partial charge in [-0.1, -0.05) is 121 Å². The predicted octanol–water partition coefficient (Wildman–Crippen LogP) is 14.5. The van der Waals surface area contributed by atoms with Gasteiger partial charge in [-0.25, -0.2) is 9.97 Å². The third-order valence-electron chi connectivity index (χ3n) is 11.2. The zero-order valence-electron chi connectivity index (χ0n) is 30.6. The number of benzene rings is 8. The molecule has 5 heteroatoms. The van der Waals surface area contributed by atoms with E-state index in [0.29, 0.717) is 11.4 Å². The Balaban J connectivity index is 1.06. The van der Waals surface area contributed by atoms with Crippen LogP contribution in [0.5, 0.6) is 0 Å². The van der Waals surface area contributed by atoms with E-state index in [1.54, 1.807) is 0 Å². The number of thiophene rings is 1. The van der Waals surface area contributed by atoms with Crippen LogP contribution in [0, 0.1) is 0 Å². The molecule has 0 saturated carbocycles. The zero-order chi connectivity index (χ0) is 37.5. The molecule has 0 N–H and O–H groups in total. The summed E-state index contributed by atoms with van der Waals surface area (Å²) in [5.74, 6) is 0.688. The van der Waals surface area contributed by atoms with Crippen molar-refractivity contribution in [1.82, 2.24) is 14.5 Å². The maximum absolute atomic E-state index is 6.42. The number of para-hydroxylation sites is 2. The summed E-state index contributed by atoms with van der Waals surface area (Å²) in [7, 11) is 0. The molecule has 4 nitrogen and oxygen atoms in total. The molecule has 0 aliphatic carbocycles. The molecule has 8 aromatic carbocycles. The summed E-state index contributed by atoms with van der Waals surface area (Å²) in [5, 5.41) is 5.80. The first-order chi connectivity index (χ1) is 28.2. The van der Waals surface area contributed by atoms with Crippen LogP contribution in [-0.2, 0) is 0 Å². The fourth-order valence-electron chi connectivity index (χ4n) is 8.56. The highest BCUT2D eigenvalue weighted by Gasteiger charge is 2.21. The smallest absolute Gasteiger partial charge is 0.180 e. The second-order valence-electron chi connectivity index (χ2n) is 14.5. The van der Waals surface area contributed by atoms with Gasteiger partial charge in [0.05, 0.1) is 11.0 Å². The van der Waals surface area contributed by atoms with E-state index in [4.69, 9.17) is 14.4 Å². The lowest BCUT2D eigenvalue weighted by Gasteiger charge is -2.09. The van der Waals surface area contributed by atoms with Crippen LogP contribution in [0.2, 0.25) is 0 Å². The van der Waals surface area contributed by atoms with Crippen LogP contribution in [-0.4, -0.2) is 14.5 Å². The predicted molar refractivity (Wildman–Crippen MR) is 238 cm³/mol. The van der Waals surface area contributed by atoms with E-state index in [1.165, 1.54) is 64.2 Å². The lowest BCUT2D eigenvalue weighted by molar-refractivity contribution is 0.667. The SMILES string of the molecule is c1ccc(-c2ccc3c(c2)c2cc(-c4ccc5sc6cccc(-c7nc(-c8ccccc8)c8oc9ccccc9c8n7)c6c5c4)ccc2n3-c2ccccc2)cc1. The molecule has 0 aliphatic rings. The van der Waals surface area contributed by atoms with E-state index >= 15 is 0 Å². The van der Waals surface area contributed by atoms with Crippen molar-refractivity contribution >= 4 is 75.4 Å². The molecule has 266 valence electrons. The average molecular weight is 746 g/mol. The van der Waals surface area contributed by atoms with E-state index in [0.717, 1.165) is 39.0 Å². The van der Waals surface area contributed by atoms with Gasteiger partial charge in [0.15, 0.2) is 11.4 Å². The third kappa shape index (κ3) is 5.06. The monoisotopic (exact) mass is 745 g/mol. The van der Waals surface area contributed by atoms with Gasteiger partial charge in [0.25, 0.3) is 0 Å². The second kappa shape index (κ2) is 12.6. The standard InChI is InChI=1S/C52H31N3OS/c1-4-13-32(14-5-1)34-23-26-43-40(29-34)41-30-35(24-27-44(41)55(43)37-17-8-3-9-18-37)36-25-28-46-42(31-36)48-39(20-12-22-47(48)57-46)52-53-49(33-15-6-2-7-16-33)51-50(54-52)38-19-10-11-21-45(38)56-51/h1-31H. The highest BCUT2D eigenvalue weighted by Crippen LogP contribution is 2.44. The summed E-state index contributed by atoms with van der Waals surface area (Å²) in [6, 6.07) is 66.9. The van der Waals surface area contributed by atoms with E-state index in [1.807, 2.05) is 47.7 Å². The molecule has 12 aromatic rings. The van der Waals surface area contributed by atoms with Crippen molar-refractivity contribution in [1.29, 1.82) is 0 Å². The molecule has 4 heterocycles. The largest absolute Gasteiger partial charge is 0.452 e. The second-order valence-corrected chi connectivity index (χ2v) is 15.6. The van der Waals surface area contributed by atoms with Crippen molar-refractivity contribution in [2.75, 3.05) is 0 Å². The van der Waals surface area contributed by atoms with Gasteiger partial charge >= 0.3 is 0 Å². The Bertz CT molecular complexity index is 3510. The van der Waals surface area contributed by atoms with Gasteiger partial charge in [-0.15, -0.1) is 11.3 Å². The number of hydrogen-bond acceptors (Lipinski definition) is 4. The van der Waals surface area contributed by atoms with Crippen LogP contribution < -0.4 is 0 Å². The van der Waals surface area contributed by atoms with Gasteiger partial charge in [0.2, 0.25) is 0 Å². The molecule has 12 rings (SSSR count). The number of aromatic nitrogens is 3. The van der Waals surface area contributed by atoms with Crippen molar-refractivity contribution in [3.63, 3.8) is 0 Å². The Morgan fingerprint density at radius 3 is 1.79 bits per heavy atom. The van der Waals surface area contributed by atoms with E-state index < -0.39 is 0 Å². The first-order valence-corrected chi connectivity index (χ1v) is 20.0.